The second-order valence-electron chi connectivity index (χ2n) is 6.70. The molecule has 1 amide bonds. The van der Waals surface area contributed by atoms with Gasteiger partial charge in [0.25, 0.3) is 0 Å². The summed E-state index contributed by atoms with van der Waals surface area (Å²) in [5.41, 5.74) is 3.50. The summed E-state index contributed by atoms with van der Waals surface area (Å²) in [6, 6.07) is 11.8. The maximum absolute atomic E-state index is 12.3. The van der Waals surface area contributed by atoms with Gasteiger partial charge in [0.15, 0.2) is 11.5 Å². The molecule has 0 spiro atoms. The van der Waals surface area contributed by atoms with Crippen molar-refractivity contribution >= 4 is 5.91 Å². The van der Waals surface area contributed by atoms with Gasteiger partial charge in [-0.1, -0.05) is 12.1 Å². The number of methoxy groups -OCH3 is 2. The van der Waals surface area contributed by atoms with E-state index in [0.29, 0.717) is 25.5 Å². The summed E-state index contributed by atoms with van der Waals surface area (Å²) in [4.78, 5) is 12.3. The quantitative estimate of drug-likeness (QED) is 0.774. The monoisotopic (exact) mass is 369 g/mol. The molecule has 5 nitrogen and oxygen atoms in total. The lowest BCUT2D eigenvalue weighted by atomic mass is 10.0. The van der Waals surface area contributed by atoms with Crippen molar-refractivity contribution in [2.75, 3.05) is 27.4 Å². The Morgan fingerprint density at radius 3 is 2.48 bits per heavy atom. The molecule has 0 aromatic heterocycles. The molecule has 0 saturated carbocycles. The van der Waals surface area contributed by atoms with Crippen LogP contribution in [0.4, 0.5) is 0 Å². The van der Waals surface area contributed by atoms with E-state index in [0.717, 1.165) is 35.7 Å². The number of carbonyl (C=O) groups is 1. The number of aryl methyl sites for hydroxylation is 1. The molecule has 0 heterocycles. The van der Waals surface area contributed by atoms with E-state index in [4.69, 9.17) is 14.2 Å². The number of fused-ring (bicyclic) bond motifs is 1. The lowest BCUT2D eigenvalue weighted by molar-refractivity contribution is -0.120. The summed E-state index contributed by atoms with van der Waals surface area (Å²) in [5.74, 6) is 2.67. The third-order valence-corrected chi connectivity index (χ3v) is 4.99. The second kappa shape index (κ2) is 8.80. The minimum Gasteiger partial charge on any atom is -0.494 e. The van der Waals surface area contributed by atoms with Gasteiger partial charge in [0.05, 0.1) is 27.2 Å². The van der Waals surface area contributed by atoms with Gasteiger partial charge in [-0.25, -0.2) is 0 Å². The number of hydrogen-bond donors (Lipinski definition) is 1. The summed E-state index contributed by atoms with van der Waals surface area (Å²) >= 11 is 0. The number of hydrogen-bond acceptors (Lipinski definition) is 4. The number of carbonyl (C=O) groups excluding carboxylic acids is 1. The summed E-state index contributed by atoms with van der Waals surface area (Å²) < 4.78 is 16.2. The molecule has 0 radical (unpaired) electrons. The first-order chi connectivity index (χ1) is 13.1. The van der Waals surface area contributed by atoms with Crippen LogP contribution in [-0.4, -0.2) is 33.3 Å². The zero-order valence-corrected chi connectivity index (χ0v) is 16.2. The van der Waals surface area contributed by atoms with Crippen LogP contribution >= 0.6 is 0 Å². The van der Waals surface area contributed by atoms with Crippen molar-refractivity contribution in [3.8, 4) is 17.2 Å². The maximum atomic E-state index is 12.3. The summed E-state index contributed by atoms with van der Waals surface area (Å²) in [6.45, 7) is 3.23. The van der Waals surface area contributed by atoms with Crippen molar-refractivity contribution in [1.29, 1.82) is 0 Å². The van der Waals surface area contributed by atoms with Gasteiger partial charge in [-0.2, -0.15) is 0 Å². The lowest BCUT2D eigenvalue weighted by Gasteiger charge is -2.15. The second-order valence-corrected chi connectivity index (χ2v) is 6.70. The zero-order chi connectivity index (χ0) is 19.2. The van der Waals surface area contributed by atoms with Gasteiger partial charge >= 0.3 is 0 Å². The van der Waals surface area contributed by atoms with E-state index in [9.17, 15) is 4.79 Å². The standard InChI is InChI=1S/C22H27NO4/c1-4-27-18-9-5-15(6-10-18)11-22(24)23-14-17-8-7-16-12-20(25-2)21(26-3)13-19(16)17/h5-6,9-10,12-13,17H,4,7-8,11,14H2,1-3H3,(H,23,24). The first-order valence-corrected chi connectivity index (χ1v) is 9.37. The van der Waals surface area contributed by atoms with Crippen LogP contribution in [0, 0.1) is 0 Å². The Hall–Kier alpha value is -2.69. The van der Waals surface area contributed by atoms with E-state index < -0.39 is 0 Å². The highest BCUT2D eigenvalue weighted by Gasteiger charge is 2.25. The molecule has 5 heteroatoms. The van der Waals surface area contributed by atoms with Crippen LogP contribution in [0.15, 0.2) is 36.4 Å². The predicted molar refractivity (Wildman–Crippen MR) is 105 cm³/mol. The maximum Gasteiger partial charge on any atom is 0.224 e. The normalized spacial score (nSPS) is 15.1. The van der Waals surface area contributed by atoms with Crippen LogP contribution in [-0.2, 0) is 17.6 Å². The van der Waals surface area contributed by atoms with Crippen molar-refractivity contribution in [2.45, 2.75) is 32.1 Å². The van der Waals surface area contributed by atoms with Gasteiger partial charge in [-0.15, -0.1) is 0 Å². The molecular formula is C22H27NO4. The summed E-state index contributed by atoms with van der Waals surface area (Å²) in [7, 11) is 3.30. The van der Waals surface area contributed by atoms with Crippen molar-refractivity contribution in [2.24, 2.45) is 0 Å². The Morgan fingerprint density at radius 1 is 1.11 bits per heavy atom. The molecule has 0 saturated heterocycles. The van der Waals surface area contributed by atoms with Crippen LogP contribution in [0.5, 0.6) is 17.2 Å². The topological polar surface area (TPSA) is 56.8 Å². The van der Waals surface area contributed by atoms with Crippen molar-refractivity contribution < 1.29 is 19.0 Å². The van der Waals surface area contributed by atoms with Crippen LogP contribution in [0.3, 0.4) is 0 Å². The average Bonchev–Trinajstić information content (AvgIpc) is 3.08. The van der Waals surface area contributed by atoms with Crippen LogP contribution < -0.4 is 19.5 Å². The highest BCUT2D eigenvalue weighted by atomic mass is 16.5. The van der Waals surface area contributed by atoms with Crippen molar-refractivity contribution in [3.63, 3.8) is 0 Å². The summed E-state index contributed by atoms with van der Waals surface area (Å²) in [5, 5.41) is 3.08. The Morgan fingerprint density at radius 2 is 1.81 bits per heavy atom. The molecule has 1 atom stereocenters. The molecule has 1 aliphatic carbocycles. The largest absolute Gasteiger partial charge is 0.494 e. The fourth-order valence-corrected chi connectivity index (χ4v) is 3.59. The van der Waals surface area contributed by atoms with E-state index in [2.05, 4.69) is 11.4 Å². The molecule has 3 rings (SSSR count). The predicted octanol–water partition coefficient (Wildman–Crippen LogP) is 3.49. The highest BCUT2D eigenvalue weighted by Crippen LogP contribution is 2.40. The molecule has 0 aliphatic heterocycles. The third-order valence-electron chi connectivity index (χ3n) is 4.99. The van der Waals surface area contributed by atoms with Gasteiger partial charge in [0, 0.05) is 12.5 Å². The first kappa shape index (κ1) is 19.1. The van der Waals surface area contributed by atoms with Crippen LogP contribution in [0.1, 0.15) is 36.0 Å². The zero-order valence-electron chi connectivity index (χ0n) is 16.2. The average molecular weight is 369 g/mol. The molecule has 144 valence electrons. The van der Waals surface area contributed by atoms with Gasteiger partial charge in [0.1, 0.15) is 5.75 Å². The van der Waals surface area contributed by atoms with E-state index in [1.807, 2.05) is 37.3 Å². The Balaban J connectivity index is 1.57. The van der Waals surface area contributed by atoms with Crippen LogP contribution in [0.2, 0.25) is 0 Å². The Labute approximate surface area is 160 Å². The number of rotatable bonds is 8. The van der Waals surface area contributed by atoms with Crippen LogP contribution in [0.25, 0.3) is 0 Å². The lowest BCUT2D eigenvalue weighted by Crippen LogP contribution is -2.29. The molecule has 27 heavy (non-hydrogen) atoms. The molecular weight excluding hydrogens is 342 g/mol. The van der Waals surface area contributed by atoms with Gasteiger partial charge in [-0.3, -0.25) is 4.79 Å². The minimum atomic E-state index is 0.0353. The molecule has 0 fully saturated rings. The van der Waals surface area contributed by atoms with E-state index in [1.165, 1.54) is 11.1 Å². The fourth-order valence-electron chi connectivity index (χ4n) is 3.59. The van der Waals surface area contributed by atoms with E-state index >= 15 is 0 Å². The molecule has 2 aromatic carbocycles. The molecule has 1 N–H and O–H groups in total. The minimum absolute atomic E-state index is 0.0353. The van der Waals surface area contributed by atoms with Crippen molar-refractivity contribution in [1.82, 2.24) is 5.32 Å². The molecule has 1 aliphatic rings. The number of nitrogens with one attached hydrogen (secondary N) is 1. The van der Waals surface area contributed by atoms with Gasteiger partial charge < -0.3 is 19.5 Å². The Kier molecular flexibility index (Phi) is 6.22. The van der Waals surface area contributed by atoms with Gasteiger partial charge in [0.2, 0.25) is 5.91 Å². The number of ether oxygens (including phenoxy) is 3. The summed E-state index contributed by atoms with van der Waals surface area (Å²) in [6.07, 6.45) is 2.39. The van der Waals surface area contributed by atoms with Gasteiger partial charge in [-0.05, 0) is 60.7 Å². The SMILES string of the molecule is CCOc1ccc(CC(=O)NCC2CCc3cc(OC)c(OC)cc32)cc1. The Bertz CT molecular complexity index is 786. The smallest absolute Gasteiger partial charge is 0.224 e. The molecule has 1 unspecified atom stereocenters. The van der Waals surface area contributed by atoms with E-state index in [-0.39, 0.29) is 5.91 Å². The number of amides is 1. The molecule has 2 aromatic rings. The first-order valence-electron chi connectivity index (χ1n) is 9.37. The van der Waals surface area contributed by atoms with Crippen molar-refractivity contribution in [3.05, 3.63) is 53.1 Å². The molecule has 0 bridgehead atoms. The highest BCUT2D eigenvalue weighted by molar-refractivity contribution is 5.78. The van der Waals surface area contributed by atoms with E-state index in [1.54, 1.807) is 14.2 Å². The third kappa shape index (κ3) is 4.54. The number of benzene rings is 2. The fraction of sp³-hybridized carbons (Fsp3) is 0.409.